The predicted octanol–water partition coefficient (Wildman–Crippen LogP) is 5.97. The minimum Gasteiger partial charge on any atom is -0.321 e. The van der Waals surface area contributed by atoms with Crippen LogP contribution in [0.1, 0.15) is 27.9 Å². The molecule has 0 bridgehead atoms. The number of rotatable bonds is 8. The molecule has 4 amide bonds. The molecular weight excluding hydrogens is 553 g/mol. The number of carbonyl (C=O) groups excluding carboxylic acids is 4. The summed E-state index contributed by atoms with van der Waals surface area (Å²) < 4.78 is 14.4. The summed E-state index contributed by atoms with van der Waals surface area (Å²) in [6.45, 7) is 1.93. The van der Waals surface area contributed by atoms with Gasteiger partial charge in [-0.3, -0.25) is 19.2 Å². The summed E-state index contributed by atoms with van der Waals surface area (Å²) in [5.41, 5.74) is 2.34. The SMILES string of the molecule is Cc1ccc(N2C(=O)CC(Sc3ccc(NC(=O)/C(=C/c4ccccc4F)NC(=O)c4ccccc4)cc3)C2=O)cc1. The molecule has 0 spiro atoms. The van der Waals surface area contributed by atoms with Gasteiger partial charge in [-0.1, -0.05) is 54.1 Å². The van der Waals surface area contributed by atoms with Crippen LogP contribution in [0.4, 0.5) is 15.8 Å². The average Bonchev–Trinajstić information content (AvgIpc) is 3.27. The van der Waals surface area contributed by atoms with E-state index in [0.717, 1.165) is 10.5 Å². The number of aryl methyl sites for hydroxylation is 1. The highest BCUT2D eigenvalue weighted by Crippen LogP contribution is 2.34. The zero-order valence-electron chi connectivity index (χ0n) is 22.5. The number of halogens is 1. The van der Waals surface area contributed by atoms with Gasteiger partial charge < -0.3 is 10.6 Å². The predicted molar refractivity (Wildman–Crippen MR) is 161 cm³/mol. The number of nitrogens with zero attached hydrogens (tertiary/aromatic N) is 1. The maximum atomic E-state index is 14.4. The Morgan fingerprint density at radius 1 is 0.881 bits per heavy atom. The topological polar surface area (TPSA) is 95.6 Å². The van der Waals surface area contributed by atoms with E-state index in [9.17, 15) is 23.6 Å². The molecule has 42 heavy (non-hydrogen) atoms. The van der Waals surface area contributed by atoms with Crippen LogP contribution in [0.5, 0.6) is 0 Å². The fourth-order valence-corrected chi connectivity index (χ4v) is 5.38. The Bertz CT molecular complexity index is 1670. The first-order chi connectivity index (χ1) is 20.3. The molecule has 7 nitrogen and oxygen atoms in total. The van der Waals surface area contributed by atoms with Gasteiger partial charge in [-0.05, 0) is 67.6 Å². The smallest absolute Gasteiger partial charge is 0.272 e. The number of hydrogen-bond acceptors (Lipinski definition) is 5. The Morgan fingerprint density at radius 3 is 2.24 bits per heavy atom. The van der Waals surface area contributed by atoms with Crippen molar-refractivity contribution in [1.29, 1.82) is 0 Å². The summed E-state index contributed by atoms with van der Waals surface area (Å²) >= 11 is 1.27. The number of thioether (sulfide) groups is 1. The number of benzene rings is 4. The zero-order valence-corrected chi connectivity index (χ0v) is 23.4. The molecule has 4 aromatic carbocycles. The van der Waals surface area contributed by atoms with Crippen molar-refractivity contribution in [2.75, 3.05) is 10.2 Å². The van der Waals surface area contributed by atoms with Crippen molar-refractivity contribution in [3.63, 3.8) is 0 Å². The van der Waals surface area contributed by atoms with Crippen LogP contribution in [-0.4, -0.2) is 28.9 Å². The molecule has 2 N–H and O–H groups in total. The summed E-state index contributed by atoms with van der Waals surface area (Å²) in [4.78, 5) is 53.6. The molecule has 1 atom stereocenters. The summed E-state index contributed by atoms with van der Waals surface area (Å²) in [5.74, 6) is -2.23. The number of carbonyl (C=O) groups is 4. The normalized spacial score (nSPS) is 15.0. The van der Waals surface area contributed by atoms with E-state index >= 15 is 0 Å². The average molecular weight is 580 g/mol. The molecule has 1 unspecified atom stereocenters. The molecule has 9 heteroatoms. The van der Waals surface area contributed by atoms with E-state index in [0.29, 0.717) is 16.9 Å². The number of imide groups is 1. The Kier molecular flexibility index (Phi) is 8.59. The third-order valence-corrected chi connectivity index (χ3v) is 7.72. The van der Waals surface area contributed by atoms with Gasteiger partial charge in [0.05, 0.1) is 10.9 Å². The second-order valence-corrected chi connectivity index (χ2v) is 10.9. The Labute approximate surface area is 246 Å². The van der Waals surface area contributed by atoms with Crippen LogP contribution >= 0.6 is 11.8 Å². The first-order valence-corrected chi connectivity index (χ1v) is 14.0. The van der Waals surface area contributed by atoms with Crippen molar-refractivity contribution in [2.45, 2.75) is 23.5 Å². The van der Waals surface area contributed by atoms with Gasteiger partial charge in [0.15, 0.2) is 0 Å². The summed E-state index contributed by atoms with van der Waals surface area (Å²) in [6, 6.07) is 28.3. The lowest BCUT2D eigenvalue weighted by Crippen LogP contribution is -2.31. The molecule has 0 aliphatic carbocycles. The molecule has 1 heterocycles. The first kappa shape index (κ1) is 28.5. The van der Waals surface area contributed by atoms with Crippen LogP contribution in [-0.2, 0) is 14.4 Å². The molecule has 1 aliphatic heterocycles. The van der Waals surface area contributed by atoms with Gasteiger partial charge in [0.2, 0.25) is 11.8 Å². The Balaban J connectivity index is 1.28. The lowest BCUT2D eigenvalue weighted by molar-refractivity contribution is -0.121. The summed E-state index contributed by atoms with van der Waals surface area (Å²) in [6.07, 6.45) is 1.36. The van der Waals surface area contributed by atoms with Crippen LogP contribution < -0.4 is 15.5 Å². The van der Waals surface area contributed by atoms with Gasteiger partial charge >= 0.3 is 0 Å². The molecule has 0 aromatic heterocycles. The highest BCUT2D eigenvalue weighted by molar-refractivity contribution is 8.00. The number of anilines is 2. The third-order valence-electron chi connectivity index (χ3n) is 6.52. The fourth-order valence-electron chi connectivity index (χ4n) is 4.33. The van der Waals surface area contributed by atoms with E-state index in [-0.39, 0.29) is 29.5 Å². The van der Waals surface area contributed by atoms with E-state index in [1.54, 1.807) is 72.8 Å². The maximum Gasteiger partial charge on any atom is 0.272 e. The van der Waals surface area contributed by atoms with Crippen molar-refractivity contribution in [2.24, 2.45) is 0 Å². The van der Waals surface area contributed by atoms with Gasteiger partial charge in [0, 0.05) is 28.1 Å². The van der Waals surface area contributed by atoms with Gasteiger partial charge in [0.25, 0.3) is 11.8 Å². The standard InChI is InChI=1S/C33H26FN3O4S/c1-21-11-15-25(16-12-21)37-30(38)20-29(33(37)41)42-26-17-13-24(14-18-26)35-32(40)28(19-23-9-5-6-10-27(23)34)36-31(39)22-7-3-2-4-8-22/h2-19,29H,20H2,1H3,(H,35,40)(H,36,39)/b28-19-. The zero-order chi connectivity index (χ0) is 29.6. The lowest BCUT2D eigenvalue weighted by Gasteiger charge is -2.15. The Hall–Kier alpha value is -5.02. The Morgan fingerprint density at radius 2 is 1.55 bits per heavy atom. The molecule has 210 valence electrons. The summed E-state index contributed by atoms with van der Waals surface area (Å²) in [5, 5.41) is 4.74. The lowest BCUT2D eigenvalue weighted by atomic mass is 10.1. The molecule has 1 aliphatic rings. The number of nitrogens with one attached hydrogen (secondary N) is 2. The fraction of sp³-hybridized carbons (Fsp3) is 0.0909. The van der Waals surface area contributed by atoms with Crippen molar-refractivity contribution < 1.29 is 23.6 Å². The molecule has 1 saturated heterocycles. The van der Waals surface area contributed by atoms with Gasteiger partial charge in [-0.25, -0.2) is 9.29 Å². The maximum absolute atomic E-state index is 14.4. The molecular formula is C33H26FN3O4S. The van der Waals surface area contributed by atoms with E-state index in [1.165, 1.54) is 40.9 Å². The van der Waals surface area contributed by atoms with E-state index < -0.39 is 22.9 Å². The second-order valence-electron chi connectivity index (χ2n) is 9.59. The van der Waals surface area contributed by atoms with Crippen LogP contribution in [0.2, 0.25) is 0 Å². The largest absolute Gasteiger partial charge is 0.321 e. The molecule has 0 radical (unpaired) electrons. The van der Waals surface area contributed by atoms with E-state index in [2.05, 4.69) is 10.6 Å². The third kappa shape index (κ3) is 6.64. The van der Waals surface area contributed by atoms with Crippen molar-refractivity contribution in [1.82, 2.24) is 5.32 Å². The number of hydrogen-bond donors (Lipinski definition) is 2. The summed E-state index contributed by atoms with van der Waals surface area (Å²) in [7, 11) is 0. The van der Waals surface area contributed by atoms with Crippen molar-refractivity contribution in [3.05, 3.63) is 131 Å². The van der Waals surface area contributed by atoms with E-state index in [1.807, 2.05) is 19.1 Å². The monoisotopic (exact) mass is 579 g/mol. The van der Waals surface area contributed by atoms with Crippen LogP contribution in [0.3, 0.4) is 0 Å². The molecule has 4 aromatic rings. The van der Waals surface area contributed by atoms with Gasteiger partial charge in [-0.15, -0.1) is 11.8 Å². The van der Waals surface area contributed by atoms with Crippen LogP contribution in [0.25, 0.3) is 6.08 Å². The van der Waals surface area contributed by atoms with Crippen molar-refractivity contribution >= 4 is 52.8 Å². The van der Waals surface area contributed by atoms with Crippen LogP contribution in [0.15, 0.2) is 114 Å². The minimum atomic E-state index is -0.645. The first-order valence-electron chi connectivity index (χ1n) is 13.1. The number of amides is 4. The molecule has 0 saturated carbocycles. The minimum absolute atomic E-state index is 0.0845. The van der Waals surface area contributed by atoms with E-state index in [4.69, 9.17) is 0 Å². The van der Waals surface area contributed by atoms with Crippen LogP contribution in [0, 0.1) is 12.7 Å². The highest BCUT2D eigenvalue weighted by atomic mass is 32.2. The quantitative estimate of drug-likeness (QED) is 0.198. The van der Waals surface area contributed by atoms with Gasteiger partial charge in [-0.2, -0.15) is 0 Å². The highest BCUT2D eigenvalue weighted by Gasteiger charge is 2.40. The second kappa shape index (κ2) is 12.7. The molecule has 5 rings (SSSR count). The molecule has 1 fully saturated rings. The van der Waals surface area contributed by atoms with Gasteiger partial charge in [0.1, 0.15) is 11.5 Å². The van der Waals surface area contributed by atoms with Crippen molar-refractivity contribution in [3.8, 4) is 0 Å².